The van der Waals surface area contributed by atoms with E-state index in [1.807, 2.05) is 0 Å². The molecular formula is C25H42Cl2N4O2. The molecule has 33 heavy (non-hydrogen) atoms. The summed E-state index contributed by atoms with van der Waals surface area (Å²) in [7, 11) is 0. The Balaban J connectivity index is 0.00000153. The van der Waals surface area contributed by atoms with Gasteiger partial charge < -0.3 is 25.0 Å². The molecule has 3 heterocycles. The fourth-order valence-corrected chi connectivity index (χ4v) is 5.73. The maximum atomic E-state index is 10.5. The molecule has 1 aliphatic carbocycles. The van der Waals surface area contributed by atoms with Gasteiger partial charge in [-0.25, -0.2) is 0 Å². The number of halogens is 2. The number of piperazine rings is 1. The first kappa shape index (κ1) is 27.0. The van der Waals surface area contributed by atoms with Crippen LogP contribution in [0.1, 0.15) is 44.1 Å². The molecule has 1 atom stereocenters. The lowest BCUT2D eigenvalue weighted by Crippen LogP contribution is -2.51. The summed E-state index contributed by atoms with van der Waals surface area (Å²) >= 11 is 0. The summed E-state index contributed by atoms with van der Waals surface area (Å²) in [5.74, 6) is 0.856. The molecular weight excluding hydrogens is 459 g/mol. The number of benzene rings is 1. The third-order valence-corrected chi connectivity index (χ3v) is 7.76. The van der Waals surface area contributed by atoms with Crippen molar-refractivity contribution in [1.29, 1.82) is 0 Å². The summed E-state index contributed by atoms with van der Waals surface area (Å²) in [6.07, 6.45) is 7.44. The van der Waals surface area contributed by atoms with Crippen LogP contribution in [0.15, 0.2) is 24.3 Å². The summed E-state index contributed by atoms with van der Waals surface area (Å²) in [6.45, 7) is 10.3. The summed E-state index contributed by atoms with van der Waals surface area (Å²) in [4.78, 5) is 7.65. The highest BCUT2D eigenvalue weighted by Crippen LogP contribution is 2.37. The van der Waals surface area contributed by atoms with Crippen molar-refractivity contribution in [2.75, 3.05) is 59.0 Å². The highest BCUT2D eigenvalue weighted by atomic mass is 35.5. The number of hydrogen-bond acceptors (Lipinski definition) is 6. The Morgan fingerprint density at radius 3 is 2.33 bits per heavy atom. The molecule has 2 N–H and O–H groups in total. The van der Waals surface area contributed by atoms with Gasteiger partial charge in [0.15, 0.2) is 0 Å². The van der Waals surface area contributed by atoms with Gasteiger partial charge >= 0.3 is 0 Å². The molecule has 1 spiro atoms. The number of nitrogens with one attached hydrogen (secondary N) is 1. The molecule has 3 aliphatic heterocycles. The van der Waals surface area contributed by atoms with Crippen molar-refractivity contribution in [2.45, 2.75) is 62.8 Å². The molecule has 1 aromatic rings. The van der Waals surface area contributed by atoms with Crippen molar-refractivity contribution in [1.82, 2.24) is 20.0 Å². The highest BCUT2D eigenvalue weighted by Gasteiger charge is 2.45. The number of ether oxygens (including phenoxy) is 1. The molecule has 6 nitrogen and oxygen atoms in total. The molecule has 3 saturated heterocycles. The van der Waals surface area contributed by atoms with Crippen LogP contribution in [-0.2, 0) is 6.54 Å². The highest BCUT2D eigenvalue weighted by molar-refractivity contribution is 5.85. The van der Waals surface area contributed by atoms with Gasteiger partial charge in [0.2, 0.25) is 0 Å². The predicted molar refractivity (Wildman–Crippen MR) is 138 cm³/mol. The molecule has 1 saturated carbocycles. The zero-order chi connectivity index (χ0) is 21.1. The van der Waals surface area contributed by atoms with Crippen molar-refractivity contribution in [2.24, 2.45) is 0 Å². The van der Waals surface area contributed by atoms with Crippen LogP contribution < -0.4 is 10.1 Å². The third kappa shape index (κ3) is 7.44. The van der Waals surface area contributed by atoms with Gasteiger partial charge in [0.25, 0.3) is 0 Å². The summed E-state index contributed by atoms with van der Waals surface area (Å²) in [5, 5.41) is 14.2. The largest absolute Gasteiger partial charge is 0.491 e. The number of likely N-dealkylation sites (tertiary alicyclic amines) is 2. The molecule has 0 aromatic heterocycles. The minimum absolute atomic E-state index is 0. The van der Waals surface area contributed by atoms with Gasteiger partial charge in [0.1, 0.15) is 18.5 Å². The summed E-state index contributed by atoms with van der Waals surface area (Å²) in [6, 6.07) is 9.22. The second-order valence-electron chi connectivity index (χ2n) is 10.3. The lowest BCUT2D eigenvalue weighted by atomic mass is 10.0. The van der Waals surface area contributed by atoms with Gasteiger partial charge in [-0.1, -0.05) is 12.1 Å². The van der Waals surface area contributed by atoms with Gasteiger partial charge in [-0.05, 0) is 82.4 Å². The molecule has 0 radical (unpaired) electrons. The lowest BCUT2D eigenvalue weighted by molar-refractivity contribution is 0.0476. The summed E-state index contributed by atoms with van der Waals surface area (Å²) in [5.41, 5.74) is 1.77. The van der Waals surface area contributed by atoms with E-state index in [0.717, 1.165) is 51.1 Å². The third-order valence-electron chi connectivity index (χ3n) is 7.76. The number of hydrogen-bond donors (Lipinski definition) is 2. The smallest absolute Gasteiger partial charge is 0.119 e. The second-order valence-corrected chi connectivity index (χ2v) is 10.3. The van der Waals surface area contributed by atoms with Gasteiger partial charge in [-0.15, -0.1) is 24.8 Å². The fourth-order valence-electron chi connectivity index (χ4n) is 5.73. The van der Waals surface area contributed by atoms with Crippen LogP contribution in [0, 0.1) is 0 Å². The molecule has 188 valence electrons. The Bertz CT molecular complexity index is 705. The van der Waals surface area contributed by atoms with Crippen molar-refractivity contribution in [3.8, 4) is 5.75 Å². The normalized spacial score (nSPS) is 24.8. The minimum Gasteiger partial charge on any atom is -0.491 e. The quantitative estimate of drug-likeness (QED) is 0.572. The van der Waals surface area contributed by atoms with E-state index in [-0.39, 0.29) is 24.8 Å². The van der Waals surface area contributed by atoms with Crippen LogP contribution in [0.3, 0.4) is 0 Å². The first-order valence-corrected chi connectivity index (χ1v) is 12.5. The monoisotopic (exact) mass is 500 g/mol. The van der Waals surface area contributed by atoms with Crippen LogP contribution in [-0.4, -0.2) is 96.5 Å². The molecule has 1 unspecified atom stereocenters. The van der Waals surface area contributed by atoms with Crippen LogP contribution in [0.5, 0.6) is 5.75 Å². The Hall–Kier alpha value is -0.600. The molecule has 8 heteroatoms. The molecule has 0 bridgehead atoms. The van der Waals surface area contributed by atoms with E-state index < -0.39 is 6.10 Å². The number of aliphatic hydroxyl groups excluding tert-OH is 1. The fraction of sp³-hybridized carbons (Fsp3) is 0.760. The van der Waals surface area contributed by atoms with Crippen LogP contribution in [0.25, 0.3) is 0 Å². The van der Waals surface area contributed by atoms with Crippen LogP contribution in [0.4, 0.5) is 0 Å². The van der Waals surface area contributed by atoms with E-state index in [2.05, 4.69) is 44.3 Å². The van der Waals surface area contributed by atoms with Crippen molar-refractivity contribution in [3.05, 3.63) is 29.8 Å². The number of rotatable bonds is 8. The number of piperidine rings is 1. The topological polar surface area (TPSA) is 51.2 Å². The van der Waals surface area contributed by atoms with Crippen LogP contribution in [0.2, 0.25) is 0 Å². The Morgan fingerprint density at radius 2 is 1.67 bits per heavy atom. The number of nitrogens with zero attached hydrogens (tertiary/aromatic N) is 3. The minimum atomic E-state index is -0.432. The van der Waals surface area contributed by atoms with Crippen molar-refractivity contribution < 1.29 is 9.84 Å². The van der Waals surface area contributed by atoms with E-state index >= 15 is 0 Å². The SMILES string of the molecule is Cl.Cl.OC(COc1ccc(CN2CCNC3(CC3)C2)cc1)CN1CCC(N2CCCC2)CC1. The van der Waals surface area contributed by atoms with Crippen molar-refractivity contribution in [3.63, 3.8) is 0 Å². The van der Waals surface area contributed by atoms with Gasteiger partial charge in [-0.3, -0.25) is 4.90 Å². The maximum absolute atomic E-state index is 10.5. The van der Waals surface area contributed by atoms with Crippen LogP contribution >= 0.6 is 24.8 Å². The van der Waals surface area contributed by atoms with E-state index in [1.54, 1.807) is 0 Å². The predicted octanol–water partition coefficient (Wildman–Crippen LogP) is 2.77. The Morgan fingerprint density at radius 1 is 0.970 bits per heavy atom. The lowest BCUT2D eigenvalue weighted by Gasteiger charge is -2.37. The zero-order valence-electron chi connectivity index (χ0n) is 19.8. The Labute approximate surface area is 211 Å². The van der Waals surface area contributed by atoms with E-state index in [4.69, 9.17) is 4.74 Å². The maximum Gasteiger partial charge on any atom is 0.119 e. The molecule has 1 aromatic carbocycles. The first-order chi connectivity index (χ1) is 15.2. The average molecular weight is 502 g/mol. The molecule has 4 aliphatic rings. The molecule has 5 rings (SSSR count). The number of β-amino-alcohol motifs (C(OH)–C–C–N with tert-alkyl or cyclic N) is 1. The molecule has 4 fully saturated rings. The first-order valence-electron chi connectivity index (χ1n) is 12.5. The number of aliphatic hydroxyl groups is 1. The Kier molecular flexibility index (Phi) is 10.1. The van der Waals surface area contributed by atoms with Gasteiger partial charge in [0, 0.05) is 44.3 Å². The van der Waals surface area contributed by atoms with E-state index in [1.165, 1.54) is 63.7 Å². The second kappa shape index (κ2) is 12.4. The van der Waals surface area contributed by atoms with Gasteiger partial charge in [-0.2, -0.15) is 0 Å². The zero-order valence-corrected chi connectivity index (χ0v) is 21.4. The summed E-state index contributed by atoms with van der Waals surface area (Å²) < 4.78 is 5.89. The van der Waals surface area contributed by atoms with E-state index in [9.17, 15) is 5.11 Å². The molecule has 0 amide bonds. The van der Waals surface area contributed by atoms with E-state index in [0.29, 0.717) is 12.1 Å². The average Bonchev–Trinajstić information content (AvgIpc) is 3.29. The van der Waals surface area contributed by atoms with Gasteiger partial charge in [0.05, 0.1) is 0 Å². The van der Waals surface area contributed by atoms with Crippen molar-refractivity contribution >= 4 is 24.8 Å². The standard InChI is InChI=1S/C25H40N4O2.2ClH/c30-23(18-27-14-7-22(8-15-27)29-12-1-2-13-29)19-31-24-5-3-21(4-6-24)17-28-16-11-26-25(20-28)9-10-25;;/h3-6,22-23,26,30H,1-2,7-20H2;2*1H.